The Bertz CT molecular complexity index is 1420. The Labute approximate surface area is 219 Å². The number of halogens is 4. The molecule has 38 heavy (non-hydrogen) atoms. The van der Waals surface area contributed by atoms with Crippen LogP contribution in [0.2, 0.25) is 0 Å². The lowest BCUT2D eigenvalue weighted by molar-refractivity contribution is -0.116. The van der Waals surface area contributed by atoms with Crippen LogP contribution in [0.4, 0.5) is 23.2 Å². The smallest absolute Gasteiger partial charge is 0.243 e. The summed E-state index contributed by atoms with van der Waals surface area (Å²) in [6.45, 7) is 2.24. The fraction of sp³-hybridized carbons (Fsp3) is 0.296. The summed E-state index contributed by atoms with van der Waals surface area (Å²) in [4.78, 5) is 15.4. The molecule has 0 atom stereocenters. The van der Waals surface area contributed by atoms with Crippen LogP contribution in [0.1, 0.15) is 24.5 Å². The number of nitrogens with zero attached hydrogens (tertiary/aromatic N) is 3. The van der Waals surface area contributed by atoms with Crippen molar-refractivity contribution in [2.75, 3.05) is 31.1 Å². The van der Waals surface area contributed by atoms with Gasteiger partial charge < -0.3 is 4.90 Å². The number of sulfonamides is 1. The lowest BCUT2D eigenvalue weighted by atomic mass is 10.1. The number of hydrogen-bond acceptors (Lipinski definition) is 4. The maximum atomic E-state index is 14.3. The van der Waals surface area contributed by atoms with Crippen LogP contribution in [0.25, 0.3) is 0 Å². The van der Waals surface area contributed by atoms with Gasteiger partial charge in [0.25, 0.3) is 0 Å². The van der Waals surface area contributed by atoms with Crippen LogP contribution < -0.4 is 4.90 Å². The van der Waals surface area contributed by atoms with Crippen LogP contribution in [-0.2, 0) is 27.9 Å². The summed E-state index contributed by atoms with van der Waals surface area (Å²) >= 11 is 0. The Hall–Kier alpha value is -3.28. The second kappa shape index (κ2) is 11.6. The van der Waals surface area contributed by atoms with E-state index in [0.717, 1.165) is 34.1 Å². The van der Waals surface area contributed by atoms with Gasteiger partial charge in [0.2, 0.25) is 15.9 Å². The monoisotopic (exact) mass is 549 g/mol. The maximum absolute atomic E-state index is 14.3. The number of rotatable bonds is 4. The predicted octanol–water partition coefficient (Wildman–Crippen LogP) is 4.69. The molecule has 0 saturated carbocycles. The molecular weight excluding hydrogens is 522 g/mol. The van der Waals surface area contributed by atoms with Crippen molar-refractivity contribution in [3.05, 3.63) is 95.1 Å². The SMILES string of the molecule is CC(=O)N1CCCN(Cc2ccccc2)CCN(S(=O)(=O)c2ccc(F)c(F)c2)Cc2cc(F)c(F)cc21. The Kier molecular flexibility index (Phi) is 8.49. The number of amides is 1. The van der Waals surface area contributed by atoms with Gasteiger partial charge in [0.1, 0.15) is 0 Å². The molecule has 0 spiro atoms. The normalized spacial score (nSPS) is 16.1. The molecule has 3 aromatic rings. The average Bonchev–Trinajstić information content (AvgIpc) is 2.90. The van der Waals surface area contributed by atoms with Crippen molar-refractivity contribution in [3.63, 3.8) is 0 Å². The van der Waals surface area contributed by atoms with E-state index < -0.39 is 50.6 Å². The lowest BCUT2D eigenvalue weighted by Crippen LogP contribution is -2.38. The van der Waals surface area contributed by atoms with E-state index in [2.05, 4.69) is 0 Å². The van der Waals surface area contributed by atoms with Crippen molar-refractivity contribution in [1.29, 1.82) is 0 Å². The van der Waals surface area contributed by atoms with E-state index >= 15 is 0 Å². The minimum atomic E-state index is -4.40. The topological polar surface area (TPSA) is 60.9 Å². The van der Waals surface area contributed by atoms with Gasteiger partial charge in [-0.2, -0.15) is 4.31 Å². The van der Waals surface area contributed by atoms with Gasteiger partial charge in [-0.05, 0) is 41.8 Å². The minimum Gasteiger partial charge on any atom is -0.312 e. The standard InChI is InChI=1S/C27H27F4N3O3S/c1-19(35)34-11-5-10-32(17-20-6-3-2-4-7-20)12-13-33(18-21-14-24(29)26(31)16-27(21)34)38(36,37)22-8-9-23(28)25(30)15-22/h2-4,6-9,14-16H,5,10-13,17-18H2,1H3. The van der Waals surface area contributed by atoms with E-state index in [1.807, 2.05) is 35.2 Å². The number of benzene rings is 3. The predicted molar refractivity (Wildman–Crippen MR) is 135 cm³/mol. The number of fused-ring (bicyclic) bond motifs is 1. The molecule has 6 nitrogen and oxygen atoms in total. The molecule has 4 rings (SSSR count). The van der Waals surface area contributed by atoms with Crippen molar-refractivity contribution in [1.82, 2.24) is 9.21 Å². The van der Waals surface area contributed by atoms with E-state index in [9.17, 15) is 30.8 Å². The lowest BCUT2D eigenvalue weighted by Gasteiger charge is -2.27. The molecule has 1 heterocycles. The molecule has 0 unspecified atom stereocenters. The first kappa shape index (κ1) is 27.7. The molecule has 0 bridgehead atoms. The zero-order valence-corrected chi connectivity index (χ0v) is 21.5. The third-order valence-electron chi connectivity index (χ3n) is 6.44. The number of anilines is 1. The van der Waals surface area contributed by atoms with Gasteiger partial charge in [0.15, 0.2) is 23.3 Å². The van der Waals surface area contributed by atoms with E-state index in [1.165, 1.54) is 11.8 Å². The van der Waals surface area contributed by atoms with Crippen LogP contribution in [0.15, 0.2) is 65.6 Å². The Morgan fingerprint density at radius 3 is 2.18 bits per heavy atom. The van der Waals surface area contributed by atoms with Crippen LogP contribution in [-0.4, -0.2) is 49.7 Å². The summed E-state index contributed by atoms with van der Waals surface area (Å²) in [6.07, 6.45) is 0.487. The van der Waals surface area contributed by atoms with Crippen molar-refractivity contribution < 1.29 is 30.8 Å². The van der Waals surface area contributed by atoms with Gasteiger partial charge in [-0.1, -0.05) is 30.3 Å². The molecule has 0 fully saturated rings. The number of hydrogen-bond donors (Lipinski definition) is 0. The molecule has 0 aromatic heterocycles. The van der Waals surface area contributed by atoms with Crippen LogP contribution >= 0.6 is 0 Å². The summed E-state index contributed by atoms with van der Waals surface area (Å²) in [7, 11) is -4.40. The van der Waals surface area contributed by atoms with Crippen LogP contribution in [0.3, 0.4) is 0 Å². The van der Waals surface area contributed by atoms with E-state index in [1.54, 1.807) is 0 Å². The molecule has 202 valence electrons. The molecule has 1 aliphatic heterocycles. The first-order valence-corrected chi connectivity index (χ1v) is 13.5. The van der Waals surface area contributed by atoms with Gasteiger partial charge >= 0.3 is 0 Å². The van der Waals surface area contributed by atoms with Gasteiger partial charge in [0.05, 0.1) is 10.6 Å². The highest BCUT2D eigenvalue weighted by Crippen LogP contribution is 2.29. The van der Waals surface area contributed by atoms with Gasteiger partial charge in [-0.3, -0.25) is 9.69 Å². The Morgan fingerprint density at radius 2 is 1.50 bits per heavy atom. The summed E-state index contributed by atoms with van der Waals surface area (Å²) in [5, 5.41) is 0. The molecule has 0 N–H and O–H groups in total. The average molecular weight is 550 g/mol. The van der Waals surface area contributed by atoms with Crippen molar-refractivity contribution in [2.24, 2.45) is 0 Å². The summed E-state index contributed by atoms with van der Waals surface area (Å²) in [6, 6.07) is 13.5. The summed E-state index contributed by atoms with van der Waals surface area (Å²) in [5.41, 5.74) is 1.12. The Morgan fingerprint density at radius 1 is 0.816 bits per heavy atom. The largest absolute Gasteiger partial charge is 0.312 e. The number of carbonyl (C=O) groups excluding carboxylic acids is 1. The van der Waals surface area contributed by atoms with E-state index in [0.29, 0.717) is 25.6 Å². The highest BCUT2D eigenvalue weighted by atomic mass is 32.2. The van der Waals surface area contributed by atoms with Gasteiger partial charge in [-0.25, -0.2) is 26.0 Å². The quantitative estimate of drug-likeness (QED) is 0.443. The van der Waals surface area contributed by atoms with Crippen LogP contribution in [0.5, 0.6) is 0 Å². The second-order valence-electron chi connectivity index (χ2n) is 9.10. The number of carbonyl (C=O) groups is 1. The molecule has 0 aliphatic carbocycles. The highest BCUT2D eigenvalue weighted by Gasteiger charge is 2.30. The first-order valence-electron chi connectivity index (χ1n) is 12.0. The first-order chi connectivity index (χ1) is 18.1. The molecular formula is C27H27F4N3O3S. The zero-order valence-electron chi connectivity index (χ0n) is 20.7. The third kappa shape index (κ3) is 6.23. The summed E-state index contributed by atoms with van der Waals surface area (Å²) < 4.78 is 84.4. The van der Waals surface area contributed by atoms with E-state index in [4.69, 9.17) is 0 Å². The maximum Gasteiger partial charge on any atom is 0.243 e. The molecule has 0 saturated heterocycles. The minimum absolute atomic E-state index is 0.0541. The van der Waals surface area contributed by atoms with Gasteiger partial charge in [0, 0.05) is 52.3 Å². The van der Waals surface area contributed by atoms with Gasteiger partial charge in [-0.15, -0.1) is 0 Å². The molecule has 1 aliphatic rings. The Balaban J connectivity index is 1.78. The second-order valence-corrected chi connectivity index (χ2v) is 11.0. The molecule has 1 amide bonds. The zero-order chi connectivity index (χ0) is 27.4. The highest BCUT2D eigenvalue weighted by molar-refractivity contribution is 7.89. The van der Waals surface area contributed by atoms with Crippen molar-refractivity contribution >= 4 is 21.6 Å². The van der Waals surface area contributed by atoms with Crippen LogP contribution in [0, 0.1) is 23.3 Å². The van der Waals surface area contributed by atoms with Crippen molar-refractivity contribution in [2.45, 2.75) is 31.3 Å². The summed E-state index contributed by atoms with van der Waals surface area (Å²) in [5.74, 6) is -5.31. The third-order valence-corrected chi connectivity index (χ3v) is 8.28. The fourth-order valence-corrected chi connectivity index (χ4v) is 5.90. The molecule has 3 aromatic carbocycles. The van der Waals surface area contributed by atoms with E-state index in [-0.39, 0.29) is 30.9 Å². The molecule has 11 heteroatoms. The fourth-order valence-electron chi connectivity index (χ4n) is 4.48. The molecule has 0 radical (unpaired) electrons. The van der Waals surface area contributed by atoms with Crippen molar-refractivity contribution in [3.8, 4) is 0 Å².